The van der Waals surface area contributed by atoms with Gasteiger partial charge in [0.15, 0.2) is 5.82 Å². The van der Waals surface area contributed by atoms with Gasteiger partial charge in [0.25, 0.3) is 0 Å². The molecule has 0 atom stereocenters. The monoisotopic (exact) mass is 327 g/mol. The molecule has 4 N–H and O–H groups in total. The van der Waals surface area contributed by atoms with Crippen LogP contribution in [0.5, 0.6) is 5.88 Å². The van der Waals surface area contributed by atoms with Gasteiger partial charge in [-0.3, -0.25) is 5.32 Å². The molecule has 0 unspecified atom stereocenters. The van der Waals surface area contributed by atoms with E-state index in [-0.39, 0.29) is 24.0 Å². The van der Waals surface area contributed by atoms with Gasteiger partial charge in [-0.15, -0.1) is 0 Å². The SMILES string of the molecule is Nc1nc(OCc2ccc(C(F)(F)F)cc2)ccc1NC(=O)O. The summed E-state index contributed by atoms with van der Waals surface area (Å²) in [5.41, 5.74) is 5.45. The van der Waals surface area contributed by atoms with Crippen molar-refractivity contribution in [1.29, 1.82) is 0 Å². The van der Waals surface area contributed by atoms with E-state index in [4.69, 9.17) is 15.6 Å². The molecule has 6 nitrogen and oxygen atoms in total. The molecule has 0 aliphatic rings. The van der Waals surface area contributed by atoms with E-state index in [2.05, 4.69) is 10.3 Å². The summed E-state index contributed by atoms with van der Waals surface area (Å²) >= 11 is 0. The van der Waals surface area contributed by atoms with Crippen molar-refractivity contribution in [2.45, 2.75) is 12.8 Å². The molecule has 0 bridgehead atoms. The number of nitrogen functional groups attached to an aromatic ring is 1. The maximum Gasteiger partial charge on any atom is 0.416 e. The molecule has 2 aromatic rings. The Hall–Kier alpha value is -2.97. The van der Waals surface area contributed by atoms with Crippen LogP contribution >= 0.6 is 0 Å². The highest BCUT2D eigenvalue weighted by Gasteiger charge is 2.29. The van der Waals surface area contributed by atoms with E-state index < -0.39 is 17.8 Å². The number of hydrogen-bond donors (Lipinski definition) is 3. The fourth-order valence-corrected chi connectivity index (χ4v) is 1.70. The van der Waals surface area contributed by atoms with Crippen LogP contribution in [0, 0.1) is 0 Å². The zero-order valence-corrected chi connectivity index (χ0v) is 11.6. The van der Waals surface area contributed by atoms with Gasteiger partial charge in [0.05, 0.1) is 11.3 Å². The summed E-state index contributed by atoms with van der Waals surface area (Å²) < 4.78 is 42.6. The van der Waals surface area contributed by atoms with Crippen LogP contribution in [0.2, 0.25) is 0 Å². The van der Waals surface area contributed by atoms with Crippen LogP contribution in [-0.2, 0) is 12.8 Å². The van der Waals surface area contributed by atoms with Crippen molar-refractivity contribution in [3.05, 3.63) is 47.5 Å². The third-order valence-corrected chi connectivity index (χ3v) is 2.81. The average Bonchev–Trinajstić information content (AvgIpc) is 2.47. The van der Waals surface area contributed by atoms with Crippen molar-refractivity contribution in [1.82, 2.24) is 4.98 Å². The predicted molar refractivity (Wildman–Crippen MR) is 76.1 cm³/mol. The zero-order chi connectivity index (χ0) is 17.0. The summed E-state index contributed by atoms with van der Waals surface area (Å²) in [6.07, 6.45) is -5.67. The molecule has 0 aliphatic heterocycles. The Labute approximate surface area is 128 Å². The van der Waals surface area contributed by atoms with Crippen LogP contribution in [0.1, 0.15) is 11.1 Å². The van der Waals surface area contributed by atoms with Gasteiger partial charge in [0, 0.05) is 6.07 Å². The molecule has 2 rings (SSSR count). The lowest BCUT2D eigenvalue weighted by Crippen LogP contribution is -2.10. The molecule has 0 saturated carbocycles. The first-order valence-corrected chi connectivity index (χ1v) is 6.31. The van der Waals surface area contributed by atoms with Gasteiger partial charge in [-0.25, -0.2) is 4.79 Å². The van der Waals surface area contributed by atoms with E-state index in [1.807, 2.05) is 0 Å². The average molecular weight is 327 g/mol. The highest BCUT2D eigenvalue weighted by Crippen LogP contribution is 2.29. The molecule has 1 heterocycles. The second kappa shape index (κ2) is 6.42. The molecule has 122 valence electrons. The van der Waals surface area contributed by atoms with Gasteiger partial charge in [-0.1, -0.05) is 12.1 Å². The number of halogens is 3. The third kappa shape index (κ3) is 4.50. The van der Waals surface area contributed by atoms with Crippen molar-refractivity contribution in [3.63, 3.8) is 0 Å². The normalized spacial score (nSPS) is 11.1. The lowest BCUT2D eigenvalue weighted by atomic mass is 10.1. The van der Waals surface area contributed by atoms with Crippen LogP contribution in [0.3, 0.4) is 0 Å². The summed E-state index contributed by atoms with van der Waals surface area (Å²) in [5.74, 6) is 0.0515. The first-order chi connectivity index (χ1) is 10.8. The molecule has 1 amide bonds. The first-order valence-electron chi connectivity index (χ1n) is 6.31. The number of pyridine rings is 1. The molecule has 1 aromatic carbocycles. The number of hydrogen-bond acceptors (Lipinski definition) is 4. The topological polar surface area (TPSA) is 97.5 Å². The fourth-order valence-electron chi connectivity index (χ4n) is 1.70. The van der Waals surface area contributed by atoms with Crippen LogP contribution in [-0.4, -0.2) is 16.2 Å². The number of carboxylic acid groups (broad SMARTS) is 1. The fraction of sp³-hybridized carbons (Fsp3) is 0.143. The van der Waals surface area contributed by atoms with Gasteiger partial charge >= 0.3 is 12.3 Å². The largest absolute Gasteiger partial charge is 0.473 e. The molecular weight excluding hydrogens is 315 g/mol. The molecule has 23 heavy (non-hydrogen) atoms. The second-order valence-electron chi connectivity index (χ2n) is 4.50. The van der Waals surface area contributed by atoms with Crippen molar-refractivity contribution < 1.29 is 27.8 Å². The number of anilines is 2. The van der Waals surface area contributed by atoms with Gasteiger partial charge in [-0.2, -0.15) is 18.2 Å². The number of aromatic nitrogens is 1. The van der Waals surface area contributed by atoms with E-state index in [1.165, 1.54) is 24.3 Å². The van der Waals surface area contributed by atoms with E-state index in [1.54, 1.807) is 0 Å². The second-order valence-corrected chi connectivity index (χ2v) is 4.50. The van der Waals surface area contributed by atoms with E-state index in [9.17, 15) is 18.0 Å². The minimum atomic E-state index is -4.39. The highest BCUT2D eigenvalue weighted by molar-refractivity contribution is 5.86. The molecule has 0 radical (unpaired) electrons. The summed E-state index contributed by atoms with van der Waals surface area (Å²) in [7, 11) is 0. The van der Waals surface area contributed by atoms with E-state index in [0.29, 0.717) is 5.56 Å². The third-order valence-electron chi connectivity index (χ3n) is 2.81. The minimum absolute atomic E-state index is 0.00369. The first kappa shape index (κ1) is 16.4. The quantitative estimate of drug-likeness (QED) is 0.800. The van der Waals surface area contributed by atoms with Crippen LogP contribution in [0.25, 0.3) is 0 Å². The Balaban J connectivity index is 2.01. The summed E-state index contributed by atoms with van der Waals surface area (Å²) in [5, 5.41) is 10.6. The number of benzene rings is 1. The van der Waals surface area contributed by atoms with E-state index >= 15 is 0 Å². The molecule has 0 fully saturated rings. The summed E-state index contributed by atoms with van der Waals surface area (Å²) in [4.78, 5) is 14.4. The molecular formula is C14H12F3N3O3. The van der Waals surface area contributed by atoms with Gasteiger partial charge in [0.2, 0.25) is 5.88 Å². The molecule has 9 heteroatoms. The summed E-state index contributed by atoms with van der Waals surface area (Å²) in [6.45, 7) is -0.00369. The molecule has 0 saturated heterocycles. The Morgan fingerprint density at radius 2 is 1.87 bits per heavy atom. The van der Waals surface area contributed by atoms with Crippen molar-refractivity contribution in [2.75, 3.05) is 11.1 Å². The van der Waals surface area contributed by atoms with Gasteiger partial charge in [-0.05, 0) is 23.8 Å². The van der Waals surface area contributed by atoms with Crippen LogP contribution in [0.4, 0.5) is 29.5 Å². The van der Waals surface area contributed by atoms with E-state index in [0.717, 1.165) is 12.1 Å². The lowest BCUT2D eigenvalue weighted by Gasteiger charge is -2.10. The minimum Gasteiger partial charge on any atom is -0.473 e. The summed E-state index contributed by atoms with van der Waals surface area (Å²) in [6, 6.07) is 7.28. The number of carbonyl (C=O) groups is 1. The zero-order valence-electron chi connectivity index (χ0n) is 11.6. The Kier molecular flexibility index (Phi) is 4.58. The Bertz CT molecular complexity index is 703. The van der Waals surface area contributed by atoms with Crippen molar-refractivity contribution >= 4 is 17.6 Å². The van der Waals surface area contributed by atoms with Crippen molar-refractivity contribution in [2.24, 2.45) is 0 Å². The van der Waals surface area contributed by atoms with Gasteiger partial charge in [0.1, 0.15) is 6.61 Å². The molecule has 0 aliphatic carbocycles. The number of amides is 1. The Morgan fingerprint density at radius 3 is 2.39 bits per heavy atom. The molecule has 0 spiro atoms. The maximum absolute atomic E-state index is 12.4. The smallest absolute Gasteiger partial charge is 0.416 e. The number of alkyl halides is 3. The number of rotatable bonds is 4. The number of nitrogens with zero attached hydrogens (tertiary/aromatic N) is 1. The predicted octanol–water partition coefficient (Wildman–Crippen LogP) is 3.35. The number of nitrogens with one attached hydrogen (secondary N) is 1. The number of nitrogens with two attached hydrogens (primary N) is 1. The van der Waals surface area contributed by atoms with Crippen LogP contribution in [0.15, 0.2) is 36.4 Å². The number of ether oxygens (including phenoxy) is 1. The standard InChI is InChI=1S/C14H12F3N3O3/c15-14(16,17)9-3-1-8(2-4-9)7-23-11-6-5-10(12(18)20-11)19-13(21)22/h1-6,19H,7H2,(H2,18,20)(H,21,22). The van der Waals surface area contributed by atoms with Crippen LogP contribution < -0.4 is 15.8 Å². The maximum atomic E-state index is 12.4. The lowest BCUT2D eigenvalue weighted by molar-refractivity contribution is -0.137. The van der Waals surface area contributed by atoms with Crippen molar-refractivity contribution in [3.8, 4) is 5.88 Å². The highest BCUT2D eigenvalue weighted by atomic mass is 19.4. The molecule has 1 aromatic heterocycles. The van der Waals surface area contributed by atoms with Gasteiger partial charge < -0.3 is 15.6 Å². The Morgan fingerprint density at radius 1 is 1.22 bits per heavy atom.